The minimum atomic E-state index is -0.575. The number of aliphatic imine (C=N–C) groups is 1. The van der Waals surface area contributed by atoms with Gasteiger partial charge in [0.15, 0.2) is 5.17 Å². The van der Waals surface area contributed by atoms with Crippen LogP contribution in [0.5, 0.6) is 0 Å². The highest BCUT2D eigenvalue weighted by atomic mass is 32.2. The summed E-state index contributed by atoms with van der Waals surface area (Å²) in [6, 6.07) is 5.46. The number of amidine groups is 1. The number of anilines is 1. The highest BCUT2D eigenvalue weighted by Gasteiger charge is 2.38. The fourth-order valence-electron chi connectivity index (χ4n) is 2.29. The molecule has 2 heterocycles. The minimum Gasteiger partial charge on any atom is -0.326 e. The molecule has 1 aromatic carbocycles. The van der Waals surface area contributed by atoms with Gasteiger partial charge in [0.2, 0.25) is 16.9 Å². The van der Waals surface area contributed by atoms with Gasteiger partial charge in [-0.15, -0.1) is 17.9 Å². The number of thiazole rings is 1. The number of rotatable bonds is 6. The van der Waals surface area contributed by atoms with Crippen molar-refractivity contribution in [1.29, 1.82) is 0 Å². The van der Waals surface area contributed by atoms with E-state index in [0.717, 1.165) is 0 Å². The number of nitrogens with zero attached hydrogens (tertiary/aromatic N) is 3. The van der Waals surface area contributed by atoms with Crippen LogP contribution in [-0.4, -0.2) is 38.7 Å². The van der Waals surface area contributed by atoms with Crippen LogP contribution in [0.1, 0.15) is 6.42 Å². The van der Waals surface area contributed by atoms with Crippen LogP contribution in [0.3, 0.4) is 0 Å². The van der Waals surface area contributed by atoms with E-state index in [1.54, 1.807) is 17.7 Å². The molecule has 1 aliphatic rings. The number of hydrogen-bond donors (Lipinski definition) is 1. The van der Waals surface area contributed by atoms with E-state index >= 15 is 0 Å². The predicted molar refractivity (Wildman–Crippen MR) is 102 cm³/mol. The second kappa shape index (κ2) is 8.24. The highest BCUT2D eigenvalue weighted by molar-refractivity contribution is 8.15. The van der Waals surface area contributed by atoms with Gasteiger partial charge in [0.25, 0.3) is 0 Å². The van der Waals surface area contributed by atoms with Crippen molar-refractivity contribution in [1.82, 2.24) is 9.88 Å². The Balaban J connectivity index is 1.69. The average Bonchev–Trinajstić information content (AvgIpc) is 3.22. The van der Waals surface area contributed by atoms with E-state index in [9.17, 15) is 14.0 Å². The molecule has 0 bridgehead atoms. The summed E-state index contributed by atoms with van der Waals surface area (Å²) in [5.41, 5.74) is 0.478. The third kappa shape index (κ3) is 4.36. The highest BCUT2D eigenvalue weighted by Crippen LogP contribution is 2.32. The number of thioether (sulfide) groups is 1. The van der Waals surface area contributed by atoms with Crippen LogP contribution in [0, 0.1) is 5.82 Å². The van der Waals surface area contributed by atoms with Crippen LogP contribution in [-0.2, 0) is 9.59 Å². The van der Waals surface area contributed by atoms with Crippen molar-refractivity contribution in [3.8, 4) is 0 Å². The lowest BCUT2D eigenvalue weighted by Gasteiger charge is -2.13. The second-order valence-corrected chi connectivity index (χ2v) is 7.36. The molecule has 26 heavy (non-hydrogen) atoms. The zero-order valence-corrected chi connectivity index (χ0v) is 15.2. The number of carbonyl (C=O) groups is 2. The van der Waals surface area contributed by atoms with E-state index in [2.05, 4.69) is 21.9 Å². The topological polar surface area (TPSA) is 74.7 Å². The largest absolute Gasteiger partial charge is 0.326 e. The third-order valence-electron chi connectivity index (χ3n) is 3.44. The lowest BCUT2D eigenvalue weighted by molar-refractivity contribution is -0.127. The molecule has 1 N–H and O–H groups in total. The zero-order valence-electron chi connectivity index (χ0n) is 13.6. The Bertz CT molecular complexity index is 837. The molecule has 0 spiro atoms. The Kier molecular flexibility index (Phi) is 5.79. The molecule has 0 saturated carbocycles. The summed E-state index contributed by atoms with van der Waals surface area (Å²) in [5, 5.41) is 4.94. The van der Waals surface area contributed by atoms with Gasteiger partial charge in [-0.05, 0) is 24.3 Å². The first-order valence-corrected chi connectivity index (χ1v) is 9.45. The molecule has 3 rings (SSSR count). The van der Waals surface area contributed by atoms with Crippen molar-refractivity contribution in [2.45, 2.75) is 11.7 Å². The summed E-state index contributed by atoms with van der Waals surface area (Å²) in [5.74, 6) is -0.899. The number of benzene rings is 1. The summed E-state index contributed by atoms with van der Waals surface area (Å²) in [6.07, 6.45) is 3.24. The predicted octanol–water partition coefficient (Wildman–Crippen LogP) is 3.43. The molecule has 0 unspecified atom stereocenters. The van der Waals surface area contributed by atoms with Crippen molar-refractivity contribution < 1.29 is 14.0 Å². The van der Waals surface area contributed by atoms with Crippen molar-refractivity contribution >= 4 is 50.9 Å². The van der Waals surface area contributed by atoms with Gasteiger partial charge in [-0.2, -0.15) is 4.99 Å². The number of aromatic nitrogens is 1. The van der Waals surface area contributed by atoms with E-state index in [1.807, 2.05) is 0 Å². The number of amides is 2. The van der Waals surface area contributed by atoms with Gasteiger partial charge < -0.3 is 5.32 Å². The van der Waals surface area contributed by atoms with Crippen LogP contribution in [0.4, 0.5) is 15.2 Å². The molecule has 9 heteroatoms. The summed E-state index contributed by atoms with van der Waals surface area (Å²) in [4.78, 5) is 34.8. The fraction of sp³-hybridized carbons (Fsp3) is 0.176. The lowest BCUT2D eigenvalue weighted by Crippen LogP contribution is -2.33. The maximum Gasteiger partial charge on any atom is 0.242 e. The van der Waals surface area contributed by atoms with Gasteiger partial charge in [0.05, 0.1) is 0 Å². The molecule has 1 atom stereocenters. The molecule has 0 radical (unpaired) electrons. The monoisotopic (exact) mass is 390 g/mol. The first kappa shape index (κ1) is 18.3. The molecule has 1 saturated heterocycles. The quantitative estimate of drug-likeness (QED) is 0.767. The first-order valence-electron chi connectivity index (χ1n) is 7.69. The number of halogens is 1. The maximum absolute atomic E-state index is 12.9. The Morgan fingerprint density at radius 3 is 2.85 bits per heavy atom. The summed E-state index contributed by atoms with van der Waals surface area (Å²) in [6.45, 7) is 3.97. The van der Waals surface area contributed by atoms with Crippen LogP contribution in [0.2, 0.25) is 0 Å². The van der Waals surface area contributed by atoms with Gasteiger partial charge in [-0.25, -0.2) is 9.37 Å². The Hall–Kier alpha value is -2.52. The van der Waals surface area contributed by atoms with Crippen molar-refractivity contribution in [2.24, 2.45) is 4.99 Å². The Labute approximate surface area is 157 Å². The molecule has 2 amide bonds. The van der Waals surface area contributed by atoms with Crippen LogP contribution in [0.15, 0.2) is 53.5 Å². The van der Waals surface area contributed by atoms with E-state index in [1.165, 1.54) is 52.3 Å². The molecular formula is C17H15FN4O2S2. The van der Waals surface area contributed by atoms with Crippen molar-refractivity contribution in [3.05, 3.63) is 54.3 Å². The van der Waals surface area contributed by atoms with Gasteiger partial charge in [0.1, 0.15) is 11.1 Å². The molecule has 2 aromatic rings. The van der Waals surface area contributed by atoms with E-state index in [0.29, 0.717) is 22.5 Å². The van der Waals surface area contributed by atoms with Gasteiger partial charge in [-0.3, -0.25) is 14.5 Å². The van der Waals surface area contributed by atoms with E-state index in [4.69, 9.17) is 0 Å². The zero-order chi connectivity index (χ0) is 18.5. The molecule has 6 nitrogen and oxygen atoms in total. The Morgan fingerprint density at radius 1 is 1.42 bits per heavy atom. The molecule has 0 aliphatic carbocycles. The standard InChI is InChI=1S/C17H15FN4O2S2/c1-2-8-22-15(24)13(26-17(22)21-16-19-7-9-25-16)10-14(23)20-12-5-3-11(18)4-6-12/h2-7,9,13H,1,8,10H2,(H,20,23)/t13-/m1/s1. The van der Waals surface area contributed by atoms with E-state index in [-0.39, 0.29) is 24.1 Å². The van der Waals surface area contributed by atoms with Crippen LogP contribution < -0.4 is 5.32 Å². The van der Waals surface area contributed by atoms with Gasteiger partial charge >= 0.3 is 0 Å². The van der Waals surface area contributed by atoms with Crippen LogP contribution in [0.25, 0.3) is 0 Å². The normalized spacial score (nSPS) is 18.3. The number of hydrogen-bond acceptors (Lipinski definition) is 6. The second-order valence-electron chi connectivity index (χ2n) is 5.31. The number of carbonyl (C=O) groups excluding carboxylic acids is 2. The molecule has 1 aliphatic heterocycles. The van der Waals surface area contributed by atoms with Crippen LogP contribution >= 0.6 is 23.1 Å². The first-order chi connectivity index (χ1) is 12.6. The third-order valence-corrected chi connectivity index (χ3v) is 5.28. The smallest absolute Gasteiger partial charge is 0.242 e. The fourth-order valence-corrected chi connectivity index (χ4v) is 4.00. The van der Waals surface area contributed by atoms with Gasteiger partial charge in [-0.1, -0.05) is 17.8 Å². The number of nitrogens with one attached hydrogen (secondary N) is 1. The molecule has 1 fully saturated rings. The molecule has 1 aromatic heterocycles. The van der Waals surface area contributed by atoms with Gasteiger partial charge in [0, 0.05) is 30.2 Å². The summed E-state index contributed by atoms with van der Waals surface area (Å²) >= 11 is 2.59. The lowest BCUT2D eigenvalue weighted by atomic mass is 10.2. The minimum absolute atomic E-state index is 0.00852. The maximum atomic E-state index is 12.9. The molecule has 134 valence electrons. The summed E-state index contributed by atoms with van der Waals surface area (Å²) in [7, 11) is 0. The van der Waals surface area contributed by atoms with Crippen molar-refractivity contribution in [2.75, 3.05) is 11.9 Å². The SMILES string of the molecule is C=CCN1C(=O)[C@@H](CC(=O)Nc2ccc(F)cc2)SC1=Nc1nccs1. The Morgan fingerprint density at radius 2 is 2.19 bits per heavy atom. The average molecular weight is 390 g/mol. The summed E-state index contributed by atoms with van der Waals surface area (Å²) < 4.78 is 12.9. The van der Waals surface area contributed by atoms with E-state index < -0.39 is 5.25 Å². The van der Waals surface area contributed by atoms with Crippen molar-refractivity contribution in [3.63, 3.8) is 0 Å². The molecular weight excluding hydrogens is 375 g/mol.